The Morgan fingerprint density at radius 3 is 2.26 bits per heavy atom. The maximum atomic E-state index is 15.9. The van der Waals surface area contributed by atoms with E-state index in [9.17, 15) is 4.39 Å². The van der Waals surface area contributed by atoms with E-state index in [4.69, 9.17) is 5.26 Å². The Kier molecular flexibility index (Phi) is 7.33. The summed E-state index contributed by atoms with van der Waals surface area (Å²) in [5.41, 5.74) is 1.65. The van der Waals surface area contributed by atoms with Gasteiger partial charge in [0.25, 0.3) is 0 Å². The van der Waals surface area contributed by atoms with Gasteiger partial charge < -0.3 is 0 Å². The van der Waals surface area contributed by atoms with Crippen LogP contribution in [0.25, 0.3) is 21.9 Å². The molecule has 4 aromatic carbocycles. The smallest absolute Gasteiger partial charge is 0.141 e. The van der Waals surface area contributed by atoms with E-state index in [2.05, 4.69) is 6.92 Å². The molecule has 1 nitrogen and oxygen atoms in total. The number of nitriles is 1. The van der Waals surface area contributed by atoms with Gasteiger partial charge in [0.1, 0.15) is 23.9 Å². The van der Waals surface area contributed by atoms with Crippen molar-refractivity contribution < 1.29 is 13.2 Å². The molecule has 0 heterocycles. The Morgan fingerprint density at radius 2 is 1.56 bits per heavy atom. The maximum Gasteiger partial charge on any atom is 0.141 e. The molecule has 0 saturated heterocycles. The first kappa shape index (κ1) is 23.6. The van der Waals surface area contributed by atoms with Gasteiger partial charge in [-0.1, -0.05) is 80.8 Å². The normalized spacial score (nSPS) is 12.9. The topological polar surface area (TPSA) is 23.8 Å². The fourth-order valence-electron chi connectivity index (χ4n) is 4.48. The number of hydrogen-bond donors (Lipinski definition) is 0. The highest BCUT2D eigenvalue weighted by Gasteiger charge is 2.25. The van der Waals surface area contributed by atoms with Crippen molar-refractivity contribution in [2.24, 2.45) is 0 Å². The number of fused-ring (bicyclic) bond motifs is 1. The standard InChI is InChI=1S/C30H26F3N/c1-2-3-4-9-27(30(33)24-12-10-20-7-5-6-8-21(20)16-24)23-14-15-26(29(32)18-23)22-11-13-25(19-34)28(31)17-22/h5-8,10-18,27,30H,2-4,9H2,1H3. The first-order valence-corrected chi connectivity index (χ1v) is 11.6. The lowest BCUT2D eigenvalue weighted by Crippen LogP contribution is -2.09. The molecule has 0 aliphatic carbocycles. The molecule has 0 spiro atoms. The zero-order chi connectivity index (χ0) is 24.1. The van der Waals surface area contributed by atoms with Crippen LogP contribution in [0.5, 0.6) is 0 Å². The predicted molar refractivity (Wildman–Crippen MR) is 131 cm³/mol. The van der Waals surface area contributed by atoms with Crippen LogP contribution in [0.2, 0.25) is 0 Å². The predicted octanol–water partition coefficient (Wildman–Crippen LogP) is 9.03. The molecule has 4 heteroatoms. The molecule has 2 atom stereocenters. The molecule has 4 rings (SSSR count). The highest BCUT2D eigenvalue weighted by Crippen LogP contribution is 2.40. The Bertz CT molecular complexity index is 1340. The molecule has 4 aromatic rings. The zero-order valence-corrected chi connectivity index (χ0v) is 19.1. The number of unbranched alkanes of at least 4 members (excludes halogenated alkanes) is 2. The van der Waals surface area contributed by atoms with Crippen LogP contribution in [0.15, 0.2) is 78.9 Å². The van der Waals surface area contributed by atoms with Gasteiger partial charge in [0.05, 0.1) is 5.56 Å². The fraction of sp³-hybridized carbons (Fsp3) is 0.233. The molecule has 0 aliphatic heterocycles. The van der Waals surface area contributed by atoms with E-state index in [1.807, 2.05) is 42.5 Å². The molecular weight excluding hydrogens is 431 g/mol. The fourth-order valence-corrected chi connectivity index (χ4v) is 4.48. The Hall–Kier alpha value is -3.58. The van der Waals surface area contributed by atoms with Crippen LogP contribution >= 0.6 is 0 Å². The monoisotopic (exact) mass is 457 g/mol. The van der Waals surface area contributed by atoms with Crippen LogP contribution in [0.4, 0.5) is 13.2 Å². The van der Waals surface area contributed by atoms with E-state index in [1.165, 1.54) is 18.2 Å². The lowest BCUT2D eigenvalue weighted by molar-refractivity contribution is 0.273. The summed E-state index contributed by atoms with van der Waals surface area (Å²) >= 11 is 0. The average Bonchev–Trinajstić information content (AvgIpc) is 2.86. The van der Waals surface area contributed by atoms with Crippen LogP contribution in [0.1, 0.15) is 61.4 Å². The lowest BCUT2D eigenvalue weighted by atomic mass is 9.84. The van der Waals surface area contributed by atoms with Crippen molar-refractivity contribution in [3.05, 3.63) is 107 Å². The van der Waals surface area contributed by atoms with Crippen molar-refractivity contribution in [2.45, 2.75) is 44.7 Å². The van der Waals surface area contributed by atoms with Gasteiger partial charge in [-0.3, -0.25) is 0 Å². The van der Waals surface area contributed by atoms with Crippen LogP contribution in [-0.4, -0.2) is 0 Å². The number of nitrogens with zero attached hydrogens (tertiary/aromatic N) is 1. The molecule has 172 valence electrons. The molecule has 0 saturated carbocycles. The quantitative estimate of drug-likeness (QED) is 0.242. The third-order valence-corrected chi connectivity index (χ3v) is 6.39. The highest BCUT2D eigenvalue weighted by molar-refractivity contribution is 5.83. The van der Waals surface area contributed by atoms with Crippen LogP contribution in [0.3, 0.4) is 0 Å². The van der Waals surface area contributed by atoms with Crippen LogP contribution in [0, 0.1) is 23.0 Å². The van der Waals surface area contributed by atoms with Gasteiger partial charge in [-0.25, -0.2) is 13.2 Å². The van der Waals surface area contributed by atoms with Crippen LogP contribution in [-0.2, 0) is 0 Å². The van der Waals surface area contributed by atoms with Crippen molar-refractivity contribution in [1.29, 1.82) is 5.26 Å². The highest BCUT2D eigenvalue weighted by atomic mass is 19.1. The summed E-state index contributed by atoms with van der Waals surface area (Å²) < 4.78 is 45.2. The number of hydrogen-bond acceptors (Lipinski definition) is 1. The van der Waals surface area contributed by atoms with Gasteiger partial charge in [-0.05, 0) is 58.1 Å². The summed E-state index contributed by atoms with van der Waals surface area (Å²) in [6.07, 6.45) is 2.16. The first-order valence-electron chi connectivity index (χ1n) is 11.6. The molecular formula is C30H26F3N. The zero-order valence-electron chi connectivity index (χ0n) is 19.1. The van der Waals surface area contributed by atoms with Crippen molar-refractivity contribution in [3.63, 3.8) is 0 Å². The summed E-state index contributed by atoms with van der Waals surface area (Å²) in [4.78, 5) is 0. The van der Waals surface area contributed by atoms with E-state index < -0.39 is 23.7 Å². The molecule has 34 heavy (non-hydrogen) atoms. The second-order valence-electron chi connectivity index (χ2n) is 8.66. The van der Waals surface area contributed by atoms with Crippen molar-refractivity contribution in [3.8, 4) is 17.2 Å². The van der Waals surface area contributed by atoms with Crippen LogP contribution < -0.4 is 0 Å². The number of alkyl halides is 1. The third-order valence-electron chi connectivity index (χ3n) is 6.39. The lowest BCUT2D eigenvalue weighted by Gasteiger charge is -2.23. The van der Waals surface area contributed by atoms with Crippen molar-refractivity contribution in [2.75, 3.05) is 0 Å². The maximum absolute atomic E-state index is 15.9. The molecule has 0 amide bonds. The van der Waals surface area contributed by atoms with Gasteiger partial charge >= 0.3 is 0 Å². The van der Waals surface area contributed by atoms with Crippen molar-refractivity contribution >= 4 is 10.8 Å². The largest absolute Gasteiger partial charge is 0.242 e. The van der Waals surface area contributed by atoms with Gasteiger partial charge in [-0.15, -0.1) is 0 Å². The van der Waals surface area contributed by atoms with Gasteiger partial charge in [0.2, 0.25) is 0 Å². The molecule has 0 bridgehead atoms. The molecule has 2 unspecified atom stereocenters. The summed E-state index contributed by atoms with van der Waals surface area (Å²) in [5.74, 6) is -1.72. The minimum Gasteiger partial charge on any atom is -0.242 e. The van der Waals surface area contributed by atoms with Gasteiger partial charge in [0.15, 0.2) is 0 Å². The summed E-state index contributed by atoms with van der Waals surface area (Å²) in [6, 6.07) is 23.9. The minimum absolute atomic E-state index is 0.0903. The second-order valence-corrected chi connectivity index (χ2v) is 8.66. The summed E-state index contributed by atoms with van der Waals surface area (Å²) in [7, 11) is 0. The summed E-state index contributed by atoms with van der Waals surface area (Å²) in [6.45, 7) is 2.09. The Balaban J connectivity index is 1.68. The van der Waals surface area contributed by atoms with Gasteiger partial charge in [-0.2, -0.15) is 5.26 Å². The van der Waals surface area contributed by atoms with Crippen molar-refractivity contribution in [1.82, 2.24) is 0 Å². The number of halogens is 3. The SMILES string of the molecule is CCCCCC(c1ccc(-c2ccc(C#N)c(F)c2)c(F)c1)C(F)c1ccc2ccccc2c1. The van der Waals surface area contributed by atoms with E-state index in [0.717, 1.165) is 36.1 Å². The molecule has 0 fully saturated rings. The first-order chi connectivity index (χ1) is 16.5. The molecule has 0 aliphatic rings. The minimum atomic E-state index is -1.28. The van der Waals surface area contributed by atoms with E-state index in [1.54, 1.807) is 18.2 Å². The molecule has 0 radical (unpaired) electrons. The Morgan fingerprint density at radius 1 is 0.794 bits per heavy atom. The average molecular weight is 458 g/mol. The summed E-state index contributed by atoms with van der Waals surface area (Å²) in [5, 5.41) is 10.9. The van der Waals surface area contributed by atoms with E-state index >= 15 is 8.78 Å². The Labute approximate surface area is 198 Å². The molecule has 0 N–H and O–H groups in total. The second kappa shape index (κ2) is 10.6. The van der Waals surface area contributed by atoms with Gasteiger partial charge in [0, 0.05) is 11.5 Å². The third kappa shape index (κ3) is 4.99. The number of rotatable bonds is 8. The number of benzene rings is 4. The van der Waals surface area contributed by atoms with E-state index in [0.29, 0.717) is 23.1 Å². The molecule has 0 aromatic heterocycles. The van der Waals surface area contributed by atoms with E-state index in [-0.39, 0.29) is 11.1 Å².